The zero-order valence-corrected chi connectivity index (χ0v) is 16.2. The Morgan fingerprint density at radius 1 is 1.23 bits per heavy atom. The third-order valence-corrected chi connectivity index (χ3v) is 5.86. The molecule has 0 saturated heterocycles. The van der Waals surface area contributed by atoms with Gasteiger partial charge in [-0.05, 0) is 51.3 Å². The van der Waals surface area contributed by atoms with Gasteiger partial charge in [-0.2, -0.15) is 4.98 Å². The highest BCUT2D eigenvalue weighted by atomic mass is 32.2. The molecular formula is C19H21N5OS. The van der Waals surface area contributed by atoms with Gasteiger partial charge < -0.3 is 4.90 Å². The maximum absolute atomic E-state index is 12.8. The number of hydrogen-bond acceptors (Lipinski definition) is 5. The van der Waals surface area contributed by atoms with Crippen LogP contribution in [0.4, 0.5) is 5.69 Å². The van der Waals surface area contributed by atoms with Crippen LogP contribution in [0.2, 0.25) is 0 Å². The maximum atomic E-state index is 12.8. The predicted octanol–water partition coefficient (Wildman–Crippen LogP) is 3.12. The van der Waals surface area contributed by atoms with E-state index in [0.29, 0.717) is 16.7 Å². The van der Waals surface area contributed by atoms with Crippen molar-refractivity contribution in [2.24, 2.45) is 0 Å². The van der Waals surface area contributed by atoms with E-state index in [1.807, 2.05) is 43.9 Å². The van der Waals surface area contributed by atoms with E-state index in [2.05, 4.69) is 28.1 Å². The summed E-state index contributed by atoms with van der Waals surface area (Å²) < 4.78 is 1.75. The molecule has 0 unspecified atom stereocenters. The molecular weight excluding hydrogens is 346 g/mol. The number of carbonyl (C=O) groups excluding carboxylic acids is 1. The number of carbonyl (C=O) groups is 1. The zero-order chi connectivity index (χ0) is 18.4. The van der Waals surface area contributed by atoms with Gasteiger partial charge in [0, 0.05) is 23.1 Å². The van der Waals surface area contributed by atoms with Gasteiger partial charge in [0.15, 0.2) is 0 Å². The first-order chi connectivity index (χ1) is 12.5. The van der Waals surface area contributed by atoms with Crippen LogP contribution in [0.15, 0.2) is 29.4 Å². The fourth-order valence-corrected chi connectivity index (χ4v) is 4.12. The molecule has 0 fully saturated rings. The highest BCUT2D eigenvalue weighted by Crippen LogP contribution is 2.32. The lowest BCUT2D eigenvalue weighted by Crippen LogP contribution is -2.37. The number of nitrogens with zero attached hydrogens (tertiary/aromatic N) is 5. The summed E-state index contributed by atoms with van der Waals surface area (Å²) in [6.07, 6.45) is 0.904. The third-order valence-electron chi connectivity index (χ3n) is 5.04. The molecule has 134 valence electrons. The van der Waals surface area contributed by atoms with E-state index in [1.54, 1.807) is 4.52 Å². The number of amides is 1. The van der Waals surface area contributed by atoms with Gasteiger partial charge in [-0.15, -0.1) is 5.10 Å². The number of benzene rings is 1. The summed E-state index contributed by atoms with van der Waals surface area (Å²) in [4.78, 5) is 23.7. The average molecular weight is 367 g/mol. The molecule has 1 aliphatic heterocycles. The monoisotopic (exact) mass is 367 g/mol. The molecule has 3 aromatic rings. The second kappa shape index (κ2) is 6.39. The summed E-state index contributed by atoms with van der Waals surface area (Å²) in [5.74, 6) is 0.982. The largest absolute Gasteiger partial charge is 0.308 e. The smallest absolute Gasteiger partial charge is 0.253 e. The van der Waals surface area contributed by atoms with Crippen molar-refractivity contribution in [3.63, 3.8) is 0 Å². The second-order valence-corrected chi connectivity index (χ2v) is 7.69. The van der Waals surface area contributed by atoms with Gasteiger partial charge in [0.1, 0.15) is 0 Å². The Balaban J connectivity index is 1.53. The van der Waals surface area contributed by atoms with Gasteiger partial charge in [0.2, 0.25) is 11.1 Å². The topological polar surface area (TPSA) is 63.4 Å². The van der Waals surface area contributed by atoms with Gasteiger partial charge in [-0.3, -0.25) is 4.79 Å². The van der Waals surface area contributed by atoms with Crippen molar-refractivity contribution in [2.45, 2.75) is 45.3 Å². The van der Waals surface area contributed by atoms with Gasteiger partial charge >= 0.3 is 0 Å². The summed E-state index contributed by atoms with van der Waals surface area (Å²) in [7, 11) is 0. The summed E-state index contributed by atoms with van der Waals surface area (Å²) in [5.41, 5.74) is 5.35. The lowest BCUT2D eigenvalue weighted by atomic mass is 10.1. The van der Waals surface area contributed by atoms with Crippen molar-refractivity contribution in [3.05, 3.63) is 46.8 Å². The molecule has 3 heterocycles. The van der Waals surface area contributed by atoms with Crippen molar-refractivity contribution in [1.29, 1.82) is 0 Å². The normalized spacial score (nSPS) is 16.3. The van der Waals surface area contributed by atoms with E-state index in [0.717, 1.165) is 29.1 Å². The highest BCUT2D eigenvalue weighted by molar-refractivity contribution is 7.99. The SMILES string of the molecule is Cc1nc2nc(SCC(=O)N3c4ccccc4C[C@@H]3C)nn2c(C)c1C. The van der Waals surface area contributed by atoms with E-state index in [4.69, 9.17) is 0 Å². The van der Waals surface area contributed by atoms with Crippen LogP contribution < -0.4 is 4.90 Å². The first-order valence-electron chi connectivity index (χ1n) is 8.69. The lowest BCUT2D eigenvalue weighted by molar-refractivity contribution is -0.116. The van der Waals surface area contributed by atoms with Crippen LogP contribution in [-0.2, 0) is 11.2 Å². The molecule has 7 heteroatoms. The highest BCUT2D eigenvalue weighted by Gasteiger charge is 2.30. The molecule has 0 radical (unpaired) electrons. The van der Waals surface area contributed by atoms with Gasteiger partial charge in [-0.25, -0.2) is 9.50 Å². The van der Waals surface area contributed by atoms with E-state index in [9.17, 15) is 4.79 Å². The summed E-state index contributed by atoms with van der Waals surface area (Å²) in [6.45, 7) is 8.10. The summed E-state index contributed by atoms with van der Waals surface area (Å²) in [6, 6.07) is 8.29. The Morgan fingerprint density at radius 3 is 2.81 bits per heavy atom. The lowest BCUT2D eigenvalue weighted by Gasteiger charge is -2.22. The summed E-state index contributed by atoms with van der Waals surface area (Å²) in [5, 5.41) is 5.09. The minimum Gasteiger partial charge on any atom is -0.308 e. The fraction of sp³-hybridized carbons (Fsp3) is 0.368. The molecule has 26 heavy (non-hydrogen) atoms. The second-order valence-electron chi connectivity index (χ2n) is 6.75. The predicted molar refractivity (Wildman–Crippen MR) is 103 cm³/mol. The van der Waals surface area contributed by atoms with Crippen molar-refractivity contribution in [3.8, 4) is 0 Å². The Morgan fingerprint density at radius 2 is 2.00 bits per heavy atom. The molecule has 1 atom stereocenters. The third kappa shape index (κ3) is 2.76. The average Bonchev–Trinajstić information content (AvgIpc) is 3.17. The molecule has 1 aliphatic rings. The standard InChI is InChI=1S/C19H21N5OS/c1-11-9-15-7-5-6-8-16(15)23(11)17(25)10-26-19-21-18-20-13(3)12(2)14(4)24(18)22-19/h5-8,11H,9-10H2,1-4H3/t11-/m0/s1. The van der Waals surface area contributed by atoms with E-state index < -0.39 is 0 Å². The Hall–Kier alpha value is -2.41. The van der Waals surface area contributed by atoms with Crippen LogP contribution in [0, 0.1) is 20.8 Å². The molecule has 0 spiro atoms. The number of aromatic nitrogens is 4. The van der Waals surface area contributed by atoms with Crippen molar-refractivity contribution < 1.29 is 4.79 Å². The molecule has 0 saturated carbocycles. The van der Waals surface area contributed by atoms with Crippen LogP contribution >= 0.6 is 11.8 Å². The molecule has 1 aromatic carbocycles. The first kappa shape index (κ1) is 17.0. The van der Waals surface area contributed by atoms with E-state index >= 15 is 0 Å². The zero-order valence-electron chi connectivity index (χ0n) is 15.4. The van der Waals surface area contributed by atoms with Gasteiger partial charge in [-0.1, -0.05) is 30.0 Å². The number of fused-ring (bicyclic) bond motifs is 2. The van der Waals surface area contributed by atoms with Crippen molar-refractivity contribution in [2.75, 3.05) is 10.7 Å². The maximum Gasteiger partial charge on any atom is 0.253 e. The molecule has 1 amide bonds. The van der Waals surface area contributed by atoms with Crippen LogP contribution in [0.1, 0.15) is 29.4 Å². The summed E-state index contributed by atoms with van der Waals surface area (Å²) >= 11 is 1.36. The number of anilines is 1. The van der Waals surface area contributed by atoms with Crippen LogP contribution in [0.5, 0.6) is 0 Å². The Labute approximate surface area is 156 Å². The van der Waals surface area contributed by atoms with Gasteiger partial charge in [0.05, 0.1) is 5.75 Å². The number of para-hydroxylation sites is 1. The quantitative estimate of drug-likeness (QED) is 0.666. The molecule has 6 nitrogen and oxygen atoms in total. The number of rotatable bonds is 3. The molecule has 0 aliphatic carbocycles. The minimum absolute atomic E-state index is 0.0864. The fourth-order valence-electron chi connectivity index (χ4n) is 3.44. The number of thioether (sulfide) groups is 1. The van der Waals surface area contributed by atoms with Crippen LogP contribution in [0.3, 0.4) is 0 Å². The van der Waals surface area contributed by atoms with E-state index in [-0.39, 0.29) is 11.9 Å². The van der Waals surface area contributed by atoms with Crippen molar-refractivity contribution >= 4 is 29.1 Å². The van der Waals surface area contributed by atoms with Crippen LogP contribution in [-0.4, -0.2) is 37.3 Å². The minimum atomic E-state index is 0.0864. The number of hydrogen-bond donors (Lipinski definition) is 0. The molecule has 4 rings (SSSR count). The molecule has 0 bridgehead atoms. The van der Waals surface area contributed by atoms with E-state index in [1.165, 1.54) is 17.3 Å². The first-order valence-corrected chi connectivity index (χ1v) is 9.67. The molecule has 0 N–H and O–H groups in total. The van der Waals surface area contributed by atoms with Gasteiger partial charge in [0.25, 0.3) is 5.78 Å². The van der Waals surface area contributed by atoms with Crippen molar-refractivity contribution in [1.82, 2.24) is 19.6 Å². The van der Waals surface area contributed by atoms with Crippen LogP contribution in [0.25, 0.3) is 5.78 Å². The Kier molecular flexibility index (Phi) is 4.19. The number of aryl methyl sites for hydroxylation is 2. The Bertz CT molecular complexity index is 1010. The molecule has 2 aromatic heterocycles.